The van der Waals surface area contributed by atoms with Crippen LogP contribution in [0.5, 0.6) is 0 Å². The van der Waals surface area contributed by atoms with Crippen molar-refractivity contribution >= 4 is 6.29 Å². The van der Waals surface area contributed by atoms with Gasteiger partial charge in [-0.05, 0) is 17.7 Å². The van der Waals surface area contributed by atoms with Crippen molar-refractivity contribution in [3.63, 3.8) is 0 Å². The third-order valence-electron chi connectivity index (χ3n) is 2.88. The number of carbonyl (C=O) groups is 1. The molecule has 1 aromatic carbocycles. The molecule has 0 aliphatic rings. The van der Waals surface area contributed by atoms with E-state index in [4.69, 9.17) is 11.8 Å². The lowest BCUT2D eigenvalue weighted by Crippen LogP contribution is -2.25. The molecule has 1 aromatic rings. The zero-order valence-corrected chi connectivity index (χ0v) is 10.4. The molecule has 1 rings (SSSR count). The summed E-state index contributed by atoms with van der Waals surface area (Å²) in [5, 5.41) is 9.09. The molecule has 1 atom stereocenters. The molecule has 3 nitrogen and oxygen atoms in total. The van der Waals surface area contributed by atoms with Crippen LogP contribution in [0.3, 0.4) is 0 Å². The lowest BCUT2D eigenvalue weighted by molar-refractivity contribution is -0.137. The van der Waals surface area contributed by atoms with Crippen LogP contribution < -0.4 is 0 Å². The van der Waals surface area contributed by atoms with E-state index < -0.39 is 17.3 Å². The SMILES string of the molecule is [C-]#[N+]C(C#N)(CCC=O)Cc1ccc(C(F)(F)F)cc1. The number of hydrogen-bond acceptors (Lipinski definition) is 2. The maximum Gasteiger partial charge on any atom is 0.416 e. The van der Waals surface area contributed by atoms with Crippen molar-refractivity contribution in [3.8, 4) is 6.07 Å². The zero-order chi connectivity index (χ0) is 15.2. The molecule has 0 aliphatic carbocycles. The van der Waals surface area contributed by atoms with Crippen molar-refractivity contribution in [2.45, 2.75) is 31.0 Å². The Labute approximate surface area is 114 Å². The van der Waals surface area contributed by atoms with Crippen molar-refractivity contribution in [1.29, 1.82) is 5.26 Å². The van der Waals surface area contributed by atoms with E-state index in [1.54, 1.807) is 0 Å². The molecule has 104 valence electrons. The van der Waals surface area contributed by atoms with Crippen LogP contribution in [0.4, 0.5) is 13.2 Å². The molecule has 0 bridgehead atoms. The summed E-state index contributed by atoms with van der Waals surface area (Å²) >= 11 is 0. The monoisotopic (exact) mass is 280 g/mol. The molecule has 6 heteroatoms. The van der Waals surface area contributed by atoms with Crippen LogP contribution in [0.2, 0.25) is 0 Å². The summed E-state index contributed by atoms with van der Waals surface area (Å²) in [6, 6.07) is 6.20. The quantitative estimate of drug-likeness (QED) is 0.613. The number of benzene rings is 1. The summed E-state index contributed by atoms with van der Waals surface area (Å²) in [6.45, 7) is 7.08. The van der Waals surface area contributed by atoms with Crippen molar-refractivity contribution in [1.82, 2.24) is 0 Å². The molecule has 0 saturated heterocycles. The molecular formula is C14H11F3N2O. The fourth-order valence-electron chi connectivity index (χ4n) is 1.75. The average molecular weight is 280 g/mol. The second-order valence-corrected chi connectivity index (χ2v) is 4.33. The van der Waals surface area contributed by atoms with Gasteiger partial charge in [0.05, 0.1) is 12.0 Å². The van der Waals surface area contributed by atoms with Gasteiger partial charge >= 0.3 is 11.7 Å². The van der Waals surface area contributed by atoms with Gasteiger partial charge in [0.2, 0.25) is 0 Å². The normalized spacial score (nSPS) is 13.8. The van der Waals surface area contributed by atoms with Gasteiger partial charge in [-0.2, -0.15) is 18.4 Å². The number of alkyl halides is 3. The van der Waals surface area contributed by atoms with Crippen LogP contribution in [-0.2, 0) is 17.4 Å². The van der Waals surface area contributed by atoms with Crippen LogP contribution in [-0.4, -0.2) is 11.8 Å². The second kappa shape index (κ2) is 6.21. The molecule has 0 radical (unpaired) electrons. The Hall–Kier alpha value is -2.34. The number of aldehydes is 1. The Morgan fingerprint density at radius 1 is 1.30 bits per heavy atom. The third kappa shape index (κ3) is 3.83. The topological polar surface area (TPSA) is 45.2 Å². The van der Waals surface area contributed by atoms with Crippen LogP contribution in [0.15, 0.2) is 24.3 Å². The molecule has 0 aromatic heterocycles. The molecule has 0 amide bonds. The lowest BCUT2D eigenvalue weighted by atomic mass is 9.88. The minimum Gasteiger partial charge on any atom is -0.303 e. The maximum absolute atomic E-state index is 12.4. The number of carbonyl (C=O) groups excluding carboxylic acids is 1. The van der Waals surface area contributed by atoms with Gasteiger partial charge in [0, 0.05) is 12.8 Å². The van der Waals surface area contributed by atoms with Gasteiger partial charge < -0.3 is 4.79 Å². The lowest BCUT2D eigenvalue weighted by Gasteiger charge is -2.13. The summed E-state index contributed by atoms with van der Waals surface area (Å²) in [5.74, 6) is 0. The standard InChI is InChI=1S/C14H11F3N2O/c1-19-13(10-18,7-2-8-20)9-11-3-5-12(6-4-11)14(15,16)17/h3-6,8H,2,7,9H2. The van der Waals surface area contributed by atoms with E-state index in [0.29, 0.717) is 11.8 Å². The van der Waals surface area contributed by atoms with Crippen LogP contribution in [0.25, 0.3) is 4.85 Å². The fourth-order valence-corrected chi connectivity index (χ4v) is 1.75. The van der Waals surface area contributed by atoms with E-state index in [-0.39, 0.29) is 19.3 Å². The van der Waals surface area contributed by atoms with Gasteiger partial charge in [-0.1, -0.05) is 12.1 Å². The van der Waals surface area contributed by atoms with Gasteiger partial charge in [0.15, 0.2) is 6.07 Å². The highest BCUT2D eigenvalue weighted by atomic mass is 19.4. The molecule has 0 saturated carbocycles. The molecule has 1 unspecified atom stereocenters. The summed E-state index contributed by atoms with van der Waals surface area (Å²) in [5.41, 5.74) is -1.72. The van der Waals surface area contributed by atoms with Gasteiger partial charge in [-0.15, -0.1) is 0 Å². The Bertz CT molecular complexity index is 536. The van der Waals surface area contributed by atoms with E-state index in [0.717, 1.165) is 12.1 Å². The largest absolute Gasteiger partial charge is 0.416 e. The Morgan fingerprint density at radius 3 is 2.30 bits per heavy atom. The number of halogens is 3. The highest BCUT2D eigenvalue weighted by molar-refractivity contribution is 5.50. The predicted octanol–water partition coefficient (Wildman–Crippen LogP) is 3.41. The Balaban J connectivity index is 2.94. The first-order chi connectivity index (χ1) is 9.37. The third-order valence-corrected chi connectivity index (χ3v) is 2.88. The van der Waals surface area contributed by atoms with Crippen molar-refractivity contribution in [2.75, 3.05) is 0 Å². The number of hydrogen-bond donors (Lipinski definition) is 0. The Kier molecular flexibility index (Phi) is 4.88. The first kappa shape index (κ1) is 15.7. The predicted molar refractivity (Wildman–Crippen MR) is 65.4 cm³/mol. The highest BCUT2D eigenvalue weighted by Crippen LogP contribution is 2.30. The number of rotatable bonds is 5. The summed E-state index contributed by atoms with van der Waals surface area (Å²) < 4.78 is 37.2. The van der Waals surface area contributed by atoms with Crippen molar-refractivity contribution < 1.29 is 18.0 Å². The van der Waals surface area contributed by atoms with Crippen LogP contribution >= 0.6 is 0 Å². The second-order valence-electron chi connectivity index (χ2n) is 4.33. The van der Waals surface area contributed by atoms with Crippen LogP contribution in [0, 0.1) is 17.9 Å². The molecular weight excluding hydrogens is 269 g/mol. The minimum atomic E-state index is -4.41. The first-order valence-corrected chi connectivity index (χ1v) is 5.76. The molecule has 0 N–H and O–H groups in total. The maximum atomic E-state index is 12.4. The van der Waals surface area contributed by atoms with Crippen molar-refractivity contribution in [2.24, 2.45) is 0 Å². The average Bonchev–Trinajstić information content (AvgIpc) is 2.43. The molecule has 0 spiro atoms. The Morgan fingerprint density at radius 2 is 1.90 bits per heavy atom. The summed E-state index contributed by atoms with van der Waals surface area (Å²) in [7, 11) is 0. The zero-order valence-electron chi connectivity index (χ0n) is 10.4. The molecule has 20 heavy (non-hydrogen) atoms. The summed E-state index contributed by atoms with van der Waals surface area (Å²) in [4.78, 5) is 13.6. The van der Waals surface area contributed by atoms with Crippen LogP contribution in [0.1, 0.15) is 24.0 Å². The minimum absolute atomic E-state index is 0.00101. The molecule has 0 aliphatic heterocycles. The first-order valence-electron chi connectivity index (χ1n) is 5.76. The number of nitriles is 1. The van der Waals surface area contributed by atoms with E-state index >= 15 is 0 Å². The van der Waals surface area contributed by atoms with E-state index in [9.17, 15) is 18.0 Å². The van der Waals surface area contributed by atoms with E-state index in [1.165, 1.54) is 12.1 Å². The fraction of sp³-hybridized carbons (Fsp3) is 0.357. The van der Waals surface area contributed by atoms with Gasteiger partial charge in [0.25, 0.3) is 0 Å². The highest BCUT2D eigenvalue weighted by Gasteiger charge is 2.37. The van der Waals surface area contributed by atoms with Crippen molar-refractivity contribution in [3.05, 3.63) is 46.8 Å². The smallest absolute Gasteiger partial charge is 0.303 e. The molecule has 0 fully saturated rings. The van der Waals surface area contributed by atoms with Gasteiger partial charge in [0.1, 0.15) is 6.29 Å². The summed E-state index contributed by atoms with van der Waals surface area (Å²) in [6.07, 6.45) is -3.67. The van der Waals surface area contributed by atoms with Gasteiger partial charge in [-0.25, -0.2) is 6.57 Å². The van der Waals surface area contributed by atoms with E-state index in [2.05, 4.69) is 4.85 Å². The van der Waals surface area contributed by atoms with E-state index in [1.807, 2.05) is 6.07 Å². The number of nitrogens with zero attached hydrogens (tertiary/aromatic N) is 2. The molecule has 0 heterocycles. The van der Waals surface area contributed by atoms with Gasteiger partial charge in [-0.3, -0.25) is 4.85 Å².